The molecule has 1 fully saturated rings. The topological polar surface area (TPSA) is 72.7 Å². The monoisotopic (exact) mass is 160 g/mol. The summed E-state index contributed by atoms with van der Waals surface area (Å²) in [5.74, 6) is 0. The minimum atomic E-state index is -0.741. The summed E-state index contributed by atoms with van der Waals surface area (Å²) in [6.45, 7) is 0.558. The summed E-state index contributed by atoms with van der Waals surface area (Å²) >= 11 is 0. The number of rotatable bonds is 2. The first-order chi connectivity index (χ1) is 5.20. The van der Waals surface area contributed by atoms with Gasteiger partial charge in [0.15, 0.2) is 0 Å². The zero-order valence-electron chi connectivity index (χ0n) is 5.86. The van der Waals surface area contributed by atoms with E-state index in [9.17, 15) is 14.9 Å². The van der Waals surface area contributed by atoms with Crippen LogP contribution in [0.5, 0.6) is 0 Å². The largest absolute Gasteiger partial charge is 0.414 e. The normalized spacial score (nSPS) is 15.5. The van der Waals surface area contributed by atoms with Crippen molar-refractivity contribution < 1.29 is 14.5 Å². The summed E-state index contributed by atoms with van der Waals surface area (Å²) < 4.78 is 4.30. The molecule has 1 aliphatic rings. The molecule has 0 N–H and O–H groups in total. The standard InChI is InChI=1S/C5H8N2O4/c8-5(6-2-1-3-6)11-4-7(9)10/h1-4H2. The van der Waals surface area contributed by atoms with E-state index in [-0.39, 0.29) is 0 Å². The van der Waals surface area contributed by atoms with Gasteiger partial charge in [0.1, 0.15) is 0 Å². The molecule has 0 spiro atoms. The Morgan fingerprint density at radius 3 is 2.64 bits per heavy atom. The fourth-order valence-corrected chi connectivity index (χ4v) is 0.698. The van der Waals surface area contributed by atoms with Crippen molar-refractivity contribution in [3.63, 3.8) is 0 Å². The second-order valence-electron chi connectivity index (χ2n) is 2.21. The van der Waals surface area contributed by atoms with Gasteiger partial charge >= 0.3 is 12.8 Å². The van der Waals surface area contributed by atoms with E-state index >= 15 is 0 Å². The van der Waals surface area contributed by atoms with E-state index in [1.165, 1.54) is 4.90 Å². The average molecular weight is 160 g/mol. The molecule has 1 saturated heterocycles. The van der Waals surface area contributed by atoms with Crippen molar-refractivity contribution in [2.24, 2.45) is 0 Å². The van der Waals surface area contributed by atoms with Gasteiger partial charge in [0.25, 0.3) is 0 Å². The number of carbonyl (C=O) groups excluding carboxylic acids is 1. The number of hydrogen-bond donors (Lipinski definition) is 0. The minimum absolute atomic E-state index is 0.590. The van der Waals surface area contributed by atoms with Gasteiger partial charge in [-0.15, -0.1) is 0 Å². The van der Waals surface area contributed by atoms with Crippen molar-refractivity contribution in [2.45, 2.75) is 6.42 Å². The van der Waals surface area contributed by atoms with Crippen LogP contribution in [0.25, 0.3) is 0 Å². The van der Waals surface area contributed by atoms with Gasteiger partial charge in [0.05, 0.1) is 4.92 Å². The number of nitro groups is 1. The summed E-state index contributed by atoms with van der Waals surface area (Å²) in [5, 5.41) is 9.74. The molecule has 1 heterocycles. The zero-order valence-corrected chi connectivity index (χ0v) is 5.86. The second-order valence-corrected chi connectivity index (χ2v) is 2.21. The van der Waals surface area contributed by atoms with Crippen molar-refractivity contribution >= 4 is 6.09 Å². The molecular weight excluding hydrogens is 152 g/mol. The van der Waals surface area contributed by atoms with Crippen molar-refractivity contribution in [1.82, 2.24) is 4.90 Å². The van der Waals surface area contributed by atoms with Crippen molar-refractivity contribution in [3.05, 3.63) is 10.1 Å². The maximum Gasteiger partial charge on any atom is 0.414 e. The molecule has 0 aromatic heterocycles. The highest BCUT2D eigenvalue weighted by molar-refractivity contribution is 5.68. The van der Waals surface area contributed by atoms with Crippen molar-refractivity contribution in [3.8, 4) is 0 Å². The molecule has 62 valence electrons. The van der Waals surface area contributed by atoms with E-state index in [1.54, 1.807) is 0 Å². The quantitative estimate of drug-likeness (QED) is 0.325. The van der Waals surface area contributed by atoms with Gasteiger partial charge in [-0.2, -0.15) is 0 Å². The second kappa shape index (κ2) is 3.18. The van der Waals surface area contributed by atoms with Crippen LogP contribution in [0.2, 0.25) is 0 Å². The molecule has 0 aromatic carbocycles. The molecule has 11 heavy (non-hydrogen) atoms. The Balaban J connectivity index is 2.15. The molecule has 6 nitrogen and oxygen atoms in total. The van der Waals surface area contributed by atoms with Gasteiger partial charge in [-0.1, -0.05) is 0 Å². The number of hydrogen-bond acceptors (Lipinski definition) is 4. The minimum Gasteiger partial charge on any atom is -0.384 e. The highest BCUT2D eigenvalue weighted by Crippen LogP contribution is 2.06. The number of likely N-dealkylation sites (tertiary alicyclic amines) is 1. The lowest BCUT2D eigenvalue weighted by Gasteiger charge is -2.28. The van der Waals surface area contributed by atoms with Crippen LogP contribution >= 0.6 is 0 Å². The molecule has 0 bridgehead atoms. The SMILES string of the molecule is O=C(OC[N+](=O)[O-])N1CCC1. The smallest absolute Gasteiger partial charge is 0.384 e. The number of nitrogens with zero attached hydrogens (tertiary/aromatic N) is 2. The molecule has 0 saturated carbocycles. The van der Waals surface area contributed by atoms with Crippen LogP contribution < -0.4 is 0 Å². The molecular formula is C5H8N2O4. The number of carbonyl (C=O) groups is 1. The molecule has 0 unspecified atom stereocenters. The van der Waals surface area contributed by atoms with Crippen LogP contribution in [0.4, 0.5) is 4.79 Å². The molecule has 1 amide bonds. The predicted molar refractivity (Wildman–Crippen MR) is 34.5 cm³/mol. The summed E-state index contributed by atoms with van der Waals surface area (Å²) in [4.78, 5) is 21.2. The fourth-order valence-electron chi connectivity index (χ4n) is 0.698. The summed E-state index contributed by atoms with van der Waals surface area (Å²) in [6.07, 6.45) is 0.362. The Hall–Kier alpha value is -1.33. The van der Waals surface area contributed by atoms with E-state index < -0.39 is 17.7 Å². The van der Waals surface area contributed by atoms with Crippen LogP contribution in [-0.2, 0) is 4.74 Å². The first-order valence-corrected chi connectivity index (χ1v) is 3.23. The van der Waals surface area contributed by atoms with Crippen molar-refractivity contribution in [2.75, 3.05) is 19.8 Å². The van der Waals surface area contributed by atoms with E-state index in [1.807, 2.05) is 0 Å². The Morgan fingerprint density at radius 1 is 1.64 bits per heavy atom. The van der Waals surface area contributed by atoms with Gasteiger partial charge in [-0.05, 0) is 6.42 Å². The maximum atomic E-state index is 10.7. The molecule has 0 atom stereocenters. The summed E-state index contributed by atoms with van der Waals surface area (Å²) in [7, 11) is 0. The third-order valence-electron chi connectivity index (χ3n) is 1.41. The van der Waals surface area contributed by atoms with Crippen LogP contribution in [0.3, 0.4) is 0 Å². The third-order valence-corrected chi connectivity index (χ3v) is 1.41. The lowest BCUT2D eigenvalue weighted by molar-refractivity contribution is -0.518. The van der Waals surface area contributed by atoms with Crippen LogP contribution in [-0.4, -0.2) is 35.7 Å². The molecule has 6 heteroatoms. The Bertz CT molecular complexity index is 177. The molecule has 0 aliphatic carbocycles. The highest BCUT2D eigenvalue weighted by Gasteiger charge is 2.22. The highest BCUT2D eigenvalue weighted by atomic mass is 16.7. The third kappa shape index (κ3) is 2.06. The average Bonchev–Trinajstić information content (AvgIpc) is 1.79. The van der Waals surface area contributed by atoms with Gasteiger partial charge in [0, 0.05) is 13.1 Å². The Kier molecular flexibility index (Phi) is 2.25. The van der Waals surface area contributed by atoms with E-state index in [4.69, 9.17) is 0 Å². The maximum absolute atomic E-state index is 10.7. The molecule has 0 aromatic rings. The first kappa shape index (κ1) is 7.77. The van der Waals surface area contributed by atoms with Gasteiger partial charge in [0.2, 0.25) is 0 Å². The fraction of sp³-hybridized carbons (Fsp3) is 0.800. The summed E-state index contributed by atoms with van der Waals surface area (Å²) in [5.41, 5.74) is 0. The van der Waals surface area contributed by atoms with Gasteiger partial charge in [-0.3, -0.25) is 10.1 Å². The van der Waals surface area contributed by atoms with Gasteiger partial charge in [-0.25, -0.2) is 4.79 Å². The zero-order chi connectivity index (χ0) is 8.27. The summed E-state index contributed by atoms with van der Waals surface area (Å²) in [6, 6.07) is 0. The Morgan fingerprint density at radius 2 is 2.27 bits per heavy atom. The van der Waals surface area contributed by atoms with Gasteiger partial charge < -0.3 is 9.64 Å². The van der Waals surface area contributed by atoms with Crippen LogP contribution in [0.1, 0.15) is 6.42 Å². The van der Waals surface area contributed by atoms with Crippen molar-refractivity contribution in [1.29, 1.82) is 0 Å². The van der Waals surface area contributed by atoms with E-state index in [0.29, 0.717) is 13.1 Å². The number of ether oxygens (including phenoxy) is 1. The Labute approximate surface area is 62.9 Å². The molecule has 1 rings (SSSR count). The predicted octanol–water partition coefficient (Wildman–Crippen LogP) is 0.0629. The lowest BCUT2D eigenvalue weighted by atomic mass is 10.2. The molecule has 1 aliphatic heterocycles. The lowest BCUT2D eigenvalue weighted by Crippen LogP contribution is -2.42. The number of amides is 1. The van der Waals surface area contributed by atoms with Crippen LogP contribution in [0, 0.1) is 10.1 Å². The van der Waals surface area contributed by atoms with Crippen LogP contribution in [0.15, 0.2) is 0 Å². The molecule has 0 radical (unpaired) electrons. The first-order valence-electron chi connectivity index (χ1n) is 3.23. The van der Waals surface area contributed by atoms with E-state index in [2.05, 4.69) is 4.74 Å². The van der Waals surface area contributed by atoms with E-state index in [0.717, 1.165) is 6.42 Å².